The zero-order valence-electron chi connectivity index (χ0n) is 12.8. The summed E-state index contributed by atoms with van der Waals surface area (Å²) in [4.78, 5) is 11.8. The first-order valence-corrected chi connectivity index (χ1v) is 7.40. The Balaban J connectivity index is 2.41. The monoisotopic (exact) mass is 307 g/mol. The minimum atomic E-state index is -0.155. The van der Waals surface area contributed by atoms with Gasteiger partial charge >= 0.3 is 0 Å². The molecule has 0 saturated heterocycles. The molecule has 4 heteroatoms. The predicted molar refractivity (Wildman–Crippen MR) is 83.9 cm³/mol. The van der Waals surface area contributed by atoms with Crippen LogP contribution in [-0.2, 0) is 6.54 Å². The zero-order valence-corrected chi connectivity index (χ0v) is 13.5. The minimum absolute atomic E-state index is 0.0148. The fourth-order valence-corrected chi connectivity index (χ4v) is 2.85. The van der Waals surface area contributed by atoms with Crippen molar-refractivity contribution in [2.24, 2.45) is 0 Å². The largest absolute Gasteiger partial charge is 0.344 e. The van der Waals surface area contributed by atoms with Crippen molar-refractivity contribution in [2.75, 3.05) is 5.88 Å². The summed E-state index contributed by atoms with van der Waals surface area (Å²) in [5, 5.41) is 0. The number of hydrogen-bond acceptors (Lipinski definition) is 1. The highest BCUT2D eigenvalue weighted by Gasteiger charge is 2.15. The van der Waals surface area contributed by atoms with Gasteiger partial charge in [-0.15, -0.1) is 11.6 Å². The van der Waals surface area contributed by atoms with Gasteiger partial charge in [-0.05, 0) is 50.5 Å². The molecule has 1 aromatic carbocycles. The Hall–Kier alpha value is -1.61. The van der Waals surface area contributed by atoms with Gasteiger partial charge in [0.1, 0.15) is 5.82 Å². The number of benzene rings is 1. The summed E-state index contributed by atoms with van der Waals surface area (Å²) in [7, 11) is 0. The molecule has 0 atom stereocenters. The molecule has 0 amide bonds. The summed E-state index contributed by atoms with van der Waals surface area (Å²) in [5.41, 5.74) is 4.88. The Labute approximate surface area is 129 Å². The van der Waals surface area contributed by atoms with Crippen molar-refractivity contribution in [3.8, 4) is 0 Å². The van der Waals surface area contributed by atoms with Crippen LogP contribution in [0, 0.1) is 33.5 Å². The lowest BCUT2D eigenvalue weighted by Crippen LogP contribution is -2.07. The first-order chi connectivity index (χ1) is 9.85. The third-order valence-electron chi connectivity index (χ3n) is 3.83. The number of rotatable bonds is 4. The van der Waals surface area contributed by atoms with Crippen molar-refractivity contribution >= 4 is 17.4 Å². The molecule has 112 valence electrons. The topological polar surface area (TPSA) is 22.0 Å². The van der Waals surface area contributed by atoms with E-state index in [4.69, 9.17) is 11.6 Å². The maximum Gasteiger partial charge on any atom is 0.179 e. The smallest absolute Gasteiger partial charge is 0.179 e. The summed E-state index contributed by atoms with van der Waals surface area (Å²) >= 11 is 5.64. The minimum Gasteiger partial charge on any atom is -0.344 e. The zero-order chi connectivity index (χ0) is 15.7. The van der Waals surface area contributed by atoms with Crippen LogP contribution in [0.5, 0.6) is 0 Å². The molecular weight excluding hydrogens is 289 g/mol. The van der Waals surface area contributed by atoms with Crippen LogP contribution >= 0.6 is 11.6 Å². The molecule has 0 aliphatic heterocycles. The summed E-state index contributed by atoms with van der Waals surface area (Å²) in [5.74, 6) is -0.237. The average Bonchev–Trinajstić information content (AvgIpc) is 2.72. The lowest BCUT2D eigenvalue weighted by molar-refractivity contribution is 0.102. The van der Waals surface area contributed by atoms with Crippen LogP contribution in [0.3, 0.4) is 0 Å². The van der Waals surface area contributed by atoms with E-state index in [1.165, 1.54) is 0 Å². The van der Waals surface area contributed by atoms with E-state index in [0.717, 1.165) is 17.0 Å². The van der Waals surface area contributed by atoms with Crippen molar-refractivity contribution < 1.29 is 9.18 Å². The van der Waals surface area contributed by atoms with Crippen LogP contribution < -0.4 is 0 Å². The van der Waals surface area contributed by atoms with Gasteiger partial charge in [0.05, 0.1) is 5.88 Å². The van der Waals surface area contributed by atoms with E-state index in [0.29, 0.717) is 23.2 Å². The number of ketones is 1. The van der Waals surface area contributed by atoms with Crippen LogP contribution in [0.1, 0.15) is 38.4 Å². The number of nitrogens with zero attached hydrogens (tertiary/aromatic N) is 1. The summed E-state index contributed by atoms with van der Waals surface area (Å²) in [6, 6.07) is 5.57. The highest BCUT2D eigenvalue weighted by Crippen LogP contribution is 2.20. The number of halogens is 2. The summed E-state index contributed by atoms with van der Waals surface area (Å²) < 4.78 is 15.8. The molecule has 0 unspecified atom stereocenters. The normalized spacial score (nSPS) is 11.0. The van der Waals surface area contributed by atoms with Crippen LogP contribution in [0.15, 0.2) is 18.2 Å². The van der Waals surface area contributed by atoms with E-state index in [1.54, 1.807) is 13.8 Å². The van der Waals surface area contributed by atoms with Crippen LogP contribution in [-0.4, -0.2) is 16.2 Å². The highest BCUT2D eigenvalue weighted by molar-refractivity contribution is 6.30. The van der Waals surface area contributed by atoms with Crippen molar-refractivity contribution in [3.63, 3.8) is 0 Å². The van der Waals surface area contributed by atoms with Gasteiger partial charge < -0.3 is 4.57 Å². The van der Waals surface area contributed by atoms with Crippen molar-refractivity contribution in [1.29, 1.82) is 0 Å². The molecule has 2 rings (SSSR count). The Morgan fingerprint density at radius 1 is 1.14 bits per heavy atom. The molecule has 0 radical (unpaired) electrons. The van der Waals surface area contributed by atoms with E-state index in [2.05, 4.69) is 4.57 Å². The van der Waals surface area contributed by atoms with Gasteiger partial charge in [0, 0.05) is 23.5 Å². The van der Waals surface area contributed by atoms with E-state index >= 15 is 0 Å². The molecule has 2 aromatic rings. The van der Waals surface area contributed by atoms with E-state index in [9.17, 15) is 9.18 Å². The second-order valence-electron chi connectivity index (χ2n) is 5.47. The third kappa shape index (κ3) is 3.03. The number of aromatic nitrogens is 1. The van der Waals surface area contributed by atoms with E-state index < -0.39 is 0 Å². The van der Waals surface area contributed by atoms with Crippen LogP contribution in [0.25, 0.3) is 0 Å². The third-order valence-corrected chi connectivity index (χ3v) is 4.08. The van der Waals surface area contributed by atoms with Gasteiger partial charge in [0.15, 0.2) is 5.78 Å². The van der Waals surface area contributed by atoms with Gasteiger partial charge in [-0.25, -0.2) is 4.39 Å². The highest BCUT2D eigenvalue weighted by atomic mass is 35.5. The molecule has 0 bridgehead atoms. The lowest BCUT2D eigenvalue weighted by atomic mass is 10.1. The Bertz CT molecular complexity index is 680. The van der Waals surface area contributed by atoms with Crippen LogP contribution in [0.2, 0.25) is 0 Å². The van der Waals surface area contributed by atoms with Crippen molar-refractivity contribution in [1.82, 2.24) is 4.57 Å². The summed E-state index contributed by atoms with van der Waals surface area (Å²) in [6.45, 7) is 8.03. The average molecular weight is 308 g/mol. The fraction of sp³-hybridized carbons (Fsp3) is 0.353. The SMILES string of the molecule is Cc1cc(Cn2c(C)cc(C(=O)CCl)c2C)cc(C)c1F. The van der Waals surface area contributed by atoms with E-state index in [-0.39, 0.29) is 17.5 Å². The second-order valence-corrected chi connectivity index (χ2v) is 5.74. The predicted octanol–water partition coefficient (Wildman–Crippen LogP) is 4.33. The van der Waals surface area contributed by atoms with Crippen molar-refractivity contribution in [2.45, 2.75) is 34.2 Å². The Morgan fingerprint density at radius 2 is 1.71 bits per heavy atom. The van der Waals surface area contributed by atoms with Crippen molar-refractivity contribution in [3.05, 3.63) is 57.7 Å². The fourth-order valence-electron chi connectivity index (χ4n) is 2.71. The molecular formula is C17H19ClFNO. The number of Topliss-reactive ketones (excluding diaryl/α,β-unsaturated/α-hetero) is 1. The molecule has 21 heavy (non-hydrogen) atoms. The second kappa shape index (κ2) is 6.02. The molecule has 0 fully saturated rings. The molecule has 1 aromatic heterocycles. The first kappa shape index (κ1) is 15.8. The quantitative estimate of drug-likeness (QED) is 0.608. The van der Waals surface area contributed by atoms with E-state index in [1.807, 2.05) is 32.0 Å². The number of alkyl halides is 1. The number of hydrogen-bond donors (Lipinski definition) is 0. The van der Waals surface area contributed by atoms with Gasteiger partial charge in [0.2, 0.25) is 0 Å². The van der Waals surface area contributed by atoms with Gasteiger partial charge in [-0.2, -0.15) is 0 Å². The lowest BCUT2D eigenvalue weighted by Gasteiger charge is -2.12. The first-order valence-electron chi connectivity index (χ1n) is 6.86. The molecule has 0 saturated carbocycles. The molecule has 2 nitrogen and oxygen atoms in total. The molecule has 1 heterocycles. The molecule has 0 spiro atoms. The maximum atomic E-state index is 13.7. The number of carbonyl (C=O) groups is 1. The Kier molecular flexibility index (Phi) is 4.52. The molecule has 0 aliphatic carbocycles. The van der Waals surface area contributed by atoms with Gasteiger partial charge in [-0.1, -0.05) is 12.1 Å². The Morgan fingerprint density at radius 3 is 2.24 bits per heavy atom. The number of aryl methyl sites for hydroxylation is 3. The van der Waals surface area contributed by atoms with Gasteiger partial charge in [0.25, 0.3) is 0 Å². The van der Waals surface area contributed by atoms with Gasteiger partial charge in [-0.3, -0.25) is 4.79 Å². The molecule has 0 aliphatic rings. The standard InChI is InChI=1S/C17H19ClFNO/c1-10-5-14(6-11(2)17(10)19)9-20-12(3)7-15(13(20)4)16(21)8-18/h5-7H,8-9H2,1-4H3. The summed E-state index contributed by atoms with van der Waals surface area (Å²) in [6.07, 6.45) is 0. The maximum absolute atomic E-state index is 13.7. The van der Waals surface area contributed by atoms with Crippen LogP contribution in [0.4, 0.5) is 4.39 Å². The number of carbonyl (C=O) groups excluding carboxylic acids is 1. The molecule has 0 N–H and O–H groups in total.